The Morgan fingerprint density at radius 1 is 1.29 bits per heavy atom. The van der Waals surface area contributed by atoms with E-state index in [9.17, 15) is 14.9 Å². The van der Waals surface area contributed by atoms with Gasteiger partial charge in [0.15, 0.2) is 4.80 Å². The maximum absolute atomic E-state index is 12.6. The number of amides is 1. The van der Waals surface area contributed by atoms with E-state index in [-0.39, 0.29) is 17.9 Å². The summed E-state index contributed by atoms with van der Waals surface area (Å²) < 4.78 is 2.27. The monoisotopic (exact) mass is 389 g/mol. The summed E-state index contributed by atoms with van der Waals surface area (Å²) in [6.07, 6.45) is 6.81. The number of nitrogens with zero attached hydrogens (tertiary/aromatic N) is 5. The predicted octanol–water partition coefficient (Wildman–Crippen LogP) is 2.93. The molecule has 0 atom stereocenters. The van der Waals surface area contributed by atoms with Crippen molar-refractivity contribution in [2.45, 2.75) is 6.54 Å². The number of carbonyl (C=O) groups excluding carboxylic acids is 1. The summed E-state index contributed by atoms with van der Waals surface area (Å²) >= 11 is 1.15. The normalized spacial score (nSPS) is 11.6. The first kappa shape index (κ1) is 17.5. The zero-order chi connectivity index (χ0) is 19.7. The van der Waals surface area contributed by atoms with Gasteiger partial charge in [-0.25, -0.2) is 4.98 Å². The van der Waals surface area contributed by atoms with E-state index in [1.807, 2.05) is 12.1 Å². The molecule has 9 heteroatoms. The second-order valence-corrected chi connectivity index (χ2v) is 6.75. The van der Waals surface area contributed by atoms with E-state index < -0.39 is 10.8 Å². The van der Waals surface area contributed by atoms with Crippen LogP contribution < -0.4 is 4.80 Å². The number of fused-ring (bicyclic) bond motifs is 2. The lowest BCUT2D eigenvalue weighted by molar-refractivity contribution is -0.384. The Morgan fingerprint density at radius 2 is 2.07 bits per heavy atom. The van der Waals surface area contributed by atoms with Crippen molar-refractivity contribution in [3.05, 3.63) is 69.3 Å². The van der Waals surface area contributed by atoms with Gasteiger partial charge in [0.25, 0.3) is 11.6 Å². The van der Waals surface area contributed by atoms with E-state index in [2.05, 4.69) is 20.9 Å². The van der Waals surface area contributed by atoms with E-state index in [4.69, 9.17) is 6.42 Å². The first-order valence-electron chi connectivity index (χ1n) is 8.09. The molecular formula is C19H11N5O3S. The molecule has 8 nitrogen and oxygen atoms in total. The molecule has 4 aromatic rings. The zero-order valence-corrected chi connectivity index (χ0v) is 15.1. The highest BCUT2D eigenvalue weighted by atomic mass is 32.1. The van der Waals surface area contributed by atoms with Crippen molar-refractivity contribution in [1.29, 1.82) is 0 Å². The van der Waals surface area contributed by atoms with Crippen LogP contribution in [0.2, 0.25) is 0 Å². The number of para-hydroxylation sites is 2. The Bertz CT molecular complexity index is 1360. The summed E-state index contributed by atoms with van der Waals surface area (Å²) in [5.41, 5.74) is 2.00. The Kier molecular flexibility index (Phi) is 4.39. The molecule has 1 amide bonds. The van der Waals surface area contributed by atoms with E-state index in [1.54, 1.807) is 22.8 Å². The summed E-state index contributed by atoms with van der Waals surface area (Å²) in [7, 11) is 0. The molecule has 0 radical (unpaired) electrons. The molecular weight excluding hydrogens is 378 g/mol. The lowest BCUT2D eigenvalue weighted by Gasteiger charge is -2.00. The predicted molar refractivity (Wildman–Crippen MR) is 105 cm³/mol. The van der Waals surface area contributed by atoms with Crippen LogP contribution >= 0.6 is 11.3 Å². The van der Waals surface area contributed by atoms with Crippen LogP contribution in [0.3, 0.4) is 0 Å². The molecule has 0 spiro atoms. The number of hydrogen-bond acceptors (Lipinski definition) is 6. The number of nitro benzene ring substituents is 1. The molecule has 136 valence electrons. The van der Waals surface area contributed by atoms with Gasteiger partial charge in [0.2, 0.25) is 0 Å². The number of benzene rings is 2. The SMILES string of the molecule is C#CCn1c(=NC(=O)c2cnc3ccccc3n2)sc2cc([N+](=O)[O-])ccc21. The topological polar surface area (TPSA) is 103 Å². The Hall–Kier alpha value is -3.90. The number of terminal acetylenes is 1. The highest BCUT2D eigenvalue weighted by Crippen LogP contribution is 2.23. The average Bonchev–Trinajstić information content (AvgIpc) is 3.04. The van der Waals surface area contributed by atoms with Gasteiger partial charge in [-0.15, -0.1) is 6.42 Å². The van der Waals surface area contributed by atoms with Crippen molar-refractivity contribution in [1.82, 2.24) is 14.5 Å². The van der Waals surface area contributed by atoms with Crippen LogP contribution in [0.1, 0.15) is 10.5 Å². The molecule has 0 aliphatic carbocycles. The van der Waals surface area contributed by atoms with Crippen molar-refractivity contribution in [3.8, 4) is 12.3 Å². The van der Waals surface area contributed by atoms with E-state index in [1.165, 1.54) is 18.3 Å². The molecule has 0 unspecified atom stereocenters. The summed E-state index contributed by atoms with van der Waals surface area (Å²) in [5, 5.41) is 11.0. The maximum Gasteiger partial charge on any atom is 0.299 e. The molecule has 0 saturated carbocycles. The minimum atomic E-state index is -0.565. The number of aromatic nitrogens is 3. The van der Waals surface area contributed by atoms with Crippen molar-refractivity contribution in [2.75, 3.05) is 0 Å². The Labute approximate surface area is 162 Å². The molecule has 0 bridgehead atoms. The number of nitro groups is 1. The minimum Gasteiger partial charge on any atom is -0.305 e. The molecule has 28 heavy (non-hydrogen) atoms. The summed E-state index contributed by atoms with van der Waals surface area (Å²) in [5.74, 6) is 1.95. The van der Waals surface area contributed by atoms with Gasteiger partial charge >= 0.3 is 0 Å². The van der Waals surface area contributed by atoms with Gasteiger partial charge in [0.1, 0.15) is 5.69 Å². The third-order valence-corrected chi connectivity index (χ3v) is 5.03. The summed E-state index contributed by atoms with van der Waals surface area (Å²) in [6, 6.07) is 11.6. The summed E-state index contributed by atoms with van der Waals surface area (Å²) in [6.45, 7) is 0.174. The third kappa shape index (κ3) is 3.13. The van der Waals surface area contributed by atoms with E-state index >= 15 is 0 Å². The quantitative estimate of drug-likeness (QED) is 0.304. The van der Waals surface area contributed by atoms with Crippen LogP contribution in [-0.4, -0.2) is 25.4 Å². The van der Waals surface area contributed by atoms with Crippen LogP contribution in [0.15, 0.2) is 53.7 Å². The van der Waals surface area contributed by atoms with Crippen molar-refractivity contribution in [3.63, 3.8) is 0 Å². The van der Waals surface area contributed by atoms with Crippen LogP contribution in [0.4, 0.5) is 5.69 Å². The van der Waals surface area contributed by atoms with Crippen molar-refractivity contribution in [2.24, 2.45) is 4.99 Å². The number of hydrogen-bond donors (Lipinski definition) is 0. The van der Waals surface area contributed by atoms with Gasteiger partial charge in [-0.1, -0.05) is 29.4 Å². The minimum absolute atomic E-state index is 0.0418. The molecule has 0 N–H and O–H groups in total. The second kappa shape index (κ2) is 7.02. The average molecular weight is 389 g/mol. The summed E-state index contributed by atoms with van der Waals surface area (Å²) in [4.78, 5) is 36.2. The van der Waals surface area contributed by atoms with E-state index in [0.29, 0.717) is 26.1 Å². The van der Waals surface area contributed by atoms with Gasteiger partial charge in [-0.05, 0) is 18.2 Å². The second-order valence-electron chi connectivity index (χ2n) is 5.74. The molecule has 0 aliphatic heterocycles. The van der Waals surface area contributed by atoms with Crippen LogP contribution in [0.5, 0.6) is 0 Å². The molecule has 2 heterocycles. The lowest BCUT2D eigenvalue weighted by atomic mass is 10.3. The largest absolute Gasteiger partial charge is 0.305 e. The Morgan fingerprint density at radius 3 is 2.82 bits per heavy atom. The standard InChI is InChI=1S/C19H11N5O3S/c1-2-9-23-16-8-7-12(24(26)27)10-17(16)28-19(23)22-18(25)15-11-20-13-5-3-4-6-14(13)21-15/h1,3-8,10-11H,9H2. The Balaban J connectivity index is 1.84. The number of carbonyl (C=O) groups is 1. The first-order valence-corrected chi connectivity index (χ1v) is 8.90. The highest BCUT2D eigenvalue weighted by Gasteiger charge is 2.14. The van der Waals surface area contributed by atoms with Gasteiger partial charge in [-0.2, -0.15) is 4.99 Å². The third-order valence-electron chi connectivity index (χ3n) is 3.99. The van der Waals surface area contributed by atoms with Gasteiger partial charge in [0.05, 0.1) is 38.9 Å². The van der Waals surface area contributed by atoms with Crippen LogP contribution in [-0.2, 0) is 6.54 Å². The molecule has 2 aromatic heterocycles. The van der Waals surface area contributed by atoms with Crippen LogP contribution in [0.25, 0.3) is 21.3 Å². The smallest absolute Gasteiger partial charge is 0.299 e. The van der Waals surface area contributed by atoms with Gasteiger partial charge < -0.3 is 4.57 Å². The van der Waals surface area contributed by atoms with Gasteiger partial charge in [0, 0.05) is 12.1 Å². The zero-order valence-electron chi connectivity index (χ0n) is 14.3. The van der Waals surface area contributed by atoms with Gasteiger partial charge in [-0.3, -0.25) is 19.9 Å². The van der Waals surface area contributed by atoms with Crippen molar-refractivity contribution < 1.29 is 9.72 Å². The fourth-order valence-corrected chi connectivity index (χ4v) is 3.77. The molecule has 0 fully saturated rings. The number of rotatable bonds is 3. The first-order chi connectivity index (χ1) is 13.6. The fourth-order valence-electron chi connectivity index (χ4n) is 2.71. The van der Waals surface area contributed by atoms with Crippen LogP contribution in [0, 0.1) is 22.5 Å². The highest BCUT2D eigenvalue weighted by molar-refractivity contribution is 7.16. The number of thiazole rings is 1. The maximum atomic E-state index is 12.6. The van der Waals surface area contributed by atoms with E-state index in [0.717, 1.165) is 11.3 Å². The van der Waals surface area contributed by atoms with Crippen molar-refractivity contribution >= 4 is 44.2 Å². The molecule has 0 aliphatic rings. The molecule has 2 aromatic carbocycles. The fraction of sp³-hybridized carbons (Fsp3) is 0.0526. The molecule has 4 rings (SSSR count). The molecule has 0 saturated heterocycles. The number of non-ortho nitro benzene ring substituents is 1. The lowest BCUT2D eigenvalue weighted by Crippen LogP contribution is -2.17.